The van der Waals surface area contributed by atoms with Crippen LogP contribution in [0.4, 0.5) is 5.69 Å². The molecule has 0 spiro atoms. The van der Waals surface area contributed by atoms with Crippen LogP contribution < -0.4 is 10.1 Å². The molecule has 0 aliphatic carbocycles. The Morgan fingerprint density at radius 1 is 1.07 bits per heavy atom. The van der Waals surface area contributed by atoms with Crippen molar-refractivity contribution >= 4 is 21.6 Å². The lowest BCUT2D eigenvalue weighted by Crippen LogP contribution is -2.32. The van der Waals surface area contributed by atoms with Gasteiger partial charge >= 0.3 is 0 Å². The Balaban J connectivity index is 1.78. The Morgan fingerprint density at radius 2 is 1.76 bits per heavy atom. The van der Waals surface area contributed by atoms with Crippen LogP contribution in [-0.4, -0.2) is 38.8 Å². The van der Waals surface area contributed by atoms with Crippen LogP contribution in [0.2, 0.25) is 0 Å². The van der Waals surface area contributed by atoms with E-state index in [2.05, 4.69) is 5.32 Å². The molecule has 1 N–H and O–H groups in total. The summed E-state index contributed by atoms with van der Waals surface area (Å²) in [5, 5.41) is 2.82. The van der Waals surface area contributed by atoms with Crippen LogP contribution >= 0.6 is 0 Å². The van der Waals surface area contributed by atoms with Crippen molar-refractivity contribution in [3.63, 3.8) is 0 Å². The van der Waals surface area contributed by atoms with Crippen molar-refractivity contribution in [3.05, 3.63) is 53.6 Å². The lowest BCUT2D eigenvalue weighted by molar-refractivity contribution is -0.115. The number of hydrogen-bond acceptors (Lipinski definition) is 4. The third-order valence-corrected chi connectivity index (χ3v) is 7.24. The first-order valence-electron chi connectivity index (χ1n) is 9.94. The average Bonchev–Trinajstić information content (AvgIpc) is 3.00. The van der Waals surface area contributed by atoms with Crippen molar-refractivity contribution < 1.29 is 17.9 Å². The number of anilines is 1. The van der Waals surface area contributed by atoms with Gasteiger partial charge < -0.3 is 10.1 Å². The molecular weight excluding hydrogens is 388 g/mol. The van der Waals surface area contributed by atoms with Gasteiger partial charge in [-0.2, -0.15) is 4.31 Å². The molecule has 2 aromatic carbocycles. The molecule has 2 aromatic rings. The van der Waals surface area contributed by atoms with Gasteiger partial charge in [0.1, 0.15) is 5.75 Å². The van der Waals surface area contributed by atoms with Crippen molar-refractivity contribution in [2.45, 2.75) is 43.9 Å². The van der Waals surface area contributed by atoms with Gasteiger partial charge in [-0.1, -0.05) is 37.1 Å². The van der Waals surface area contributed by atoms with Gasteiger partial charge in [-0.15, -0.1) is 0 Å². The van der Waals surface area contributed by atoms with E-state index in [0.717, 1.165) is 31.2 Å². The second-order valence-electron chi connectivity index (χ2n) is 7.34. The molecule has 1 aliphatic heterocycles. The summed E-state index contributed by atoms with van der Waals surface area (Å²) in [5.74, 6) is 0.424. The van der Waals surface area contributed by atoms with E-state index in [9.17, 15) is 13.2 Å². The second kappa shape index (κ2) is 9.41. The lowest BCUT2D eigenvalue weighted by Gasteiger charge is -2.21. The topological polar surface area (TPSA) is 75.7 Å². The Morgan fingerprint density at radius 3 is 2.45 bits per heavy atom. The highest BCUT2D eigenvalue weighted by molar-refractivity contribution is 7.89. The summed E-state index contributed by atoms with van der Waals surface area (Å²) in [6, 6.07) is 12.4. The van der Waals surface area contributed by atoms with Crippen molar-refractivity contribution in [2.24, 2.45) is 0 Å². The van der Waals surface area contributed by atoms with Crippen LogP contribution in [-0.2, 0) is 21.2 Å². The molecule has 0 radical (unpaired) electrons. The van der Waals surface area contributed by atoms with Crippen LogP contribution in [0, 0.1) is 6.92 Å². The molecule has 156 valence electrons. The van der Waals surface area contributed by atoms with E-state index in [4.69, 9.17) is 4.74 Å². The van der Waals surface area contributed by atoms with Crippen LogP contribution in [0.1, 0.15) is 36.8 Å². The van der Waals surface area contributed by atoms with E-state index in [1.165, 1.54) is 0 Å². The minimum atomic E-state index is -3.58. The van der Waals surface area contributed by atoms with Gasteiger partial charge in [-0.25, -0.2) is 8.42 Å². The number of rotatable bonds is 6. The molecule has 29 heavy (non-hydrogen) atoms. The SMILES string of the molecule is COc1ccccc1CC(=O)Nc1ccc(C)c(S(=O)(=O)N2CCCCCC2)c1. The average molecular weight is 417 g/mol. The molecular formula is C22H28N2O4S. The minimum absolute atomic E-state index is 0.145. The summed E-state index contributed by atoms with van der Waals surface area (Å²) in [5.41, 5.74) is 1.93. The van der Waals surface area contributed by atoms with Gasteiger partial charge in [0.2, 0.25) is 15.9 Å². The zero-order valence-electron chi connectivity index (χ0n) is 17.0. The number of methoxy groups -OCH3 is 1. The van der Waals surface area contributed by atoms with Gasteiger partial charge in [0, 0.05) is 24.3 Å². The summed E-state index contributed by atoms with van der Waals surface area (Å²) < 4.78 is 33.2. The van der Waals surface area contributed by atoms with Gasteiger partial charge in [-0.05, 0) is 43.5 Å². The third-order valence-electron chi connectivity index (χ3n) is 5.20. The van der Waals surface area contributed by atoms with Crippen LogP contribution in [0.25, 0.3) is 0 Å². The number of carbonyl (C=O) groups is 1. The molecule has 1 heterocycles. The summed E-state index contributed by atoms with van der Waals surface area (Å²) >= 11 is 0. The molecule has 7 heteroatoms. The fraction of sp³-hybridized carbons (Fsp3) is 0.409. The van der Waals surface area contributed by atoms with Crippen LogP contribution in [0.15, 0.2) is 47.4 Å². The number of nitrogens with zero attached hydrogens (tertiary/aromatic N) is 1. The molecule has 0 bridgehead atoms. The van der Waals surface area contributed by atoms with Gasteiger partial charge in [0.25, 0.3) is 0 Å². The van der Waals surface area contributed by atoms with Gasteiger partial charge in [0.05, 0.1) is 18.4 Å². The quantitative estimate of drug-likeness (QED) is 0.778. The summed E-state index contributed by atoms with van der Waals surface area (Å²) in [4.78, 5) is 12.8. The summed E-state index contributed by atoms with van der Waals surface area (Å²) in [6.07, 6.45) is 4.03. The number of nitrogens with one attached hydrogen (secondary N) is 1. The molecule has 0 saturated carbocycles. The van der Waals surface area contributed by atoms with Gasteiger partial charge in [-0.3, -0.25) is 4.79 Å². The monoisotopic (exact) mass is 416 g/mol. The highest BCUT2D eigenvalue weighted by atomic mass is 32.2. The Hall–Kier alpha value is -2.38. The first-order chi connectivity index (χ1) is 13.9. The first kappa shape index (κ1) is 21.3. The summed E-state index contributed by atoms with van der Waals surface area (Å²) in [7, 11) is -2.02. The lowest BCUT2D eigenvalue weighted by atomic mass is 10.1. The molecule has 6 nitrogen and oxygen atoms in total. The number of amides is 1. The van der Waals surface area contributed by atoms with Crippen LogP contribution in [0.3, 0.4) is 0 Å². The Bertz CT molecular complexity index is 965. The number of aryl methyl sites for hydroxylation is 1. The third kappa shape index (κ3) is 5.16. The molecule has 3 rings (SSSR count). The molecule has 1 fully saturated rings. The molecule has 1 aliphatic rings. The smallest absolute Gasteiger partial charge is 0.243 e. The van der Waals surface area contributed by atoms with Crippen molar-refractivity contribution in [1.82, 2.24) is 4.31 Å². The van der Waals surface area contributed by atoms with E-state index >= 15 is 0 Å². The molecule has 1 amide bonds. The first-order valence-corrected chi connectivity index (χ1v) is 11.4. The van der Waals surface area contributed by atoms with E-state index in [1.54, 1.807) is 42.6 Å². The fourth-order valence-corrected chi connectivity index (χ4v) is 5.37. The molecule has 0 atom stereocenters. The van der Waals surface area contributed by atoms with Gasteiger partial charge in [0.15, 0.2) is 0 Å². The molecule has 0 unspecified atom stereocenters. The Kier molecular flexibility index (Phi) is 6.92. The number of hydrogen-bond donors (Lipinski definition) is 1. The van der Waals surface area contributed by atoms with Crippen molar-refractivity contribution in [1.29, 1.82) is 0 Å². The van der Waals surface area contributed by atoms with E-state index in [-0.39, 0.29) is 17.2 Å². The molecule has 1 saturated heterocycles. The summed E-state index contributed by atoms with van der Waals surface area (Å²) in [6.45, 7) is 2.88. The maximum atomic E-state index is 13.2. The van der Waals surface area contributed by atoms with E-state index < -0.39 is 10.0 Å². The minimum Gasteiger partial charge on any atom is -0.496 e. The highest BCUT2D eigenvalue weighted by Crippen LogP contribution is 2.26. The number of sulfonamides is 1. The normalized spacial score (nSPS) is 15.5. The number of para-hydroxylation sites is 1. The second-order valence-corrected chi connectivity index (χ2v) is 9.24. The van der Waals surface area contributed by atoms with E-state index in [1.807, 2.05) is 18.2 Å². The molecule has 0 aromatic heterocycles. The maximum Gasteiger partial charge on any atom is 0.243 e. The van der Waals surface area contributed by atoms with Crippen molar-refractivity contribution in [2.75, 3.05) is 25.5 Å². The predicted octanol–water partition coefficient (Wildman–Crippen LogP) is 3.75. The number of ether oxygens (including phenoxy) is 1. The van der Waals surface area contributed by atoms with Crippen LogP contribution in [0.5, 0.6) is 5.75 Å². The highest BCUT2D eigenvalue weighted by Gasteiger charge is 2.27. The fourth-order valence-electron chi connectivity index (χ4n) is 3.60. The largest absolute Gasteiger partial charge is 0.496 e. The number of carbonyl (C=O) groups excluding carboxylic acids is 1. The Labute approximate surface area is 172 Å². The predicted molar refractivity (Wildman–Crippen MR) is 114 cm³/mol. The number of benzene rings is 2. The van der Waals surface area contributed by atoms with E-state index in [0.29, 0.717) is 30.1 Å². The van der Waals surface area contributed by atoms with Crippen molar-refractivity contribution in [3.8, 4) is 5.75 Å². The maximum absolute atomic E-state index is 13.2. The standard InChI is InChI=1S/C22H28N2O4S/c1-17-11-12-19(23-22(25)15-18-9-5-6-10-20(18)28-2)16-21(17)29(26,27)24-13-7-3-4-8-14-24/h5-6,9-12,16H,3-4,7-8,13-15H2,1-2H3,(H,23,25). The zero-order chi connectivity index (χ0) is 20.9. The zero-order valence-corrected chi connectivity index (χ0v) is 17.8.